The molecule has 5 heteroatoms. The van der Waals surface area contributed by atoms with Crippen LogP contribution in [-0.2, 0) is 5.60 Å². The molecule has 0 atom stereocenters. The van der Waals surface area contributed by atoms with Crippen molar-refractivity contribution in [3.8, 4) is 0 Å². The summed E-state index contributed by atoms with van der Waals surface area (Å²) in [4.78, 5) is 4.11. The quantitative estimate of drug-likeness (QED) is 0.691. The van der Waals surface area contributed by atoms with Crippen molar-refractivity contribution in [1.82, 2.24) is 4.98 Å². The van der Waals surface area contributed by atoms with E-state index in [1.807, 2.05) is 5.38 Å². The SMILES string of the molecule is CC(C)(O)c1csc(SN)n1. The summed E-state index contributed by atoms with van der Waals surface area (Å²) in [5.41, 5.74) is -0.180. The Labute approximate surface area is 73.8 Å². The van der Waals surface area contributed by atoms with Gasteiger partial charge in [0.05, 0.1) is 5.69 Å². The third-order valence-corrected chi connectivity index (χ3v) is 2.72. The van der Waals surface area contributed by atoms with Crippen LogP contribution in [0, 0.1) is 0 Å². The largest absolute Gasteiger partial charge is 0.384 e. The molecule has 3 N–H and O–H groups in total. The van der Waals surface area contributed by atoms with Gasteiger partial charge in [-0.3, -0.25) is 5.14 Å². The fourth-order valence-electron chi connectivity index (χ4n) is 0.592. The van der Waals surface area contributed by atoms with Crippen molar-refractivity contribution in [1.29, 1.82) is 0 Å². The Morgan fingerprint density at radius 3 is 2.64 bits per heavy atom. The predicted molar refractivity (Wildman–Crippen MR) is 47.4 cm³/mol. The summed E-state index contributed by atoms with van der Waals surface area (Å²) in [5, 5.41) is 16.6. The van der Waals surface area contributed by atoms with Crippen LogP contribution in [0.15, 0.2) is 9.72 Å². The second-order valence-corrected chi connectivity index (χ2v) is 4.41. The molecular formula is C6H10N2OS2. The Hall–Kier alpha value is -0.100. The second kappa shape index (κ2) is 3.10. The van der Waals surface area contributed by atoms with Crippen molar-refractivity contribution in [2.24, 2.45) is 5.14 Å². The Morgan fingerprint density at radius 1 is 1.73 bits per heavy atom. The number of aromatic nitrogens is 1. The Morgan fingerprint density at radius 2 is 2.36 bits per heavy atom. The zero-order chi connectivity index (χ0) is 8.48. The highest BCUT2D eigenvalue weighted by Crippen LogP contribution is 2.25. The molecule has 0 saturated heterocycles. The average molecular weight is 190 g/mol. The minimum absolute atomic E-state index is 0.676. The molecule has 3 nitrogen and oxygen atoms in total. The van der Waals surface area contributed by atoms with Crippen molar-refractivity contribution in [3.63, 3.8) is 0 Å². The first-order valence-corrected chi connectivity index (χ1v) is 4.85. The van der Waals surface area contributed by atoms with Gasteiger partial charge in [-0.2, -0.15) is 0 Å². The first kappa shape index (κ1) is 8.99. The number of hydrogen-bond acceptors (Lipinski definition) is 5. The van der Waals surface area contributed by atoms with Crippen LogP contribution in [0.4, 0.5) is 0 Å². The van der Waals surface area contributed by atoms with E-state index in [0.717, 1.165) is 16.3 Å². The first-order chi connectivity index (χ1) is 5.04. The molecule has 11 heavy (non-hydrogen) atoms. The van der Waals surface area contributed by atoms with Crippen LogP contribution in [0.25, 0.3) is 0 Å². The van der Waals surface area contributed by atoms with Crippen molar-refractivity contribution in [2.45, 2.75) is 23.8 Å². The molecule has 62 valence electrons. The minimum Gasteiger partial charge on any atom is -0.384 e. The molecule has 0 fully saturated rings. The van der Waals surface area contributed by atoms with E-state index in [-0.39, 0.29) is 0 Å². The highest BCUT2D eigenvalue weighted by Gasteiger charge is 2.19. The van der Waals surface area contributed by atoms with E-state index in [4.69, 9.17) is 5.14 Å². The monoisotopic (exact) mass is 190 g/mol. The van der Waals surface area contributed by atoms with E-state index >= 15 is 0 Å². The minimum atomic E-state index is -0.857. The van der Waals surface area contributed by atoms with Crippen molar-refractivity contribution in [3.05, 3.63) is 11.1 Å². The summed E-state index contributed by atoms with van der Waals surface area (Å²) in [6.45, 7) is 3.40. The van der Waals surface area contributed by atoms with E-state index in [9.17, 15) is 5.11 Å². The summed E-state index contributed by atoms with van der Waals surface area (Å²) < 4.78 is 0.780. The number of thiazole rings is 1. The second-order valence-electron chi connectivity index (χ2n) is 2.68. The Bertz CT molecular complexity index is 241. The van der Waals surface area contributed by atoms with Gasteiger partial charge < -0.3 is 5.11 Å². The maximum atomic E-state index is 9.49. The molecule has 0 aliphatic rings. The zero-order valence-corrected chi connectivity index (χ0v) is 8.00. The van der Waals surface area contributed by atoms with Gasteiger partial charge in [-0.15, -0.1) is 11.3 Å². The molecule has 0 spiro atoms. The lowest BCUT2D eigenvalue weighted by atomic mass is 10.1. The van der Waals surface area contributed by atoms with Crippen LogP contribution >= 0.6 is 23.3 Å². The third kappa shape index (κ3) is 2.16. The van der Waals surface area contributed by atoms with Gasteiger partial charge in [0.15, 0.2) is 4.34 Å². The lowest BCUT2D eigenvalue weighted by molar-refractivity contribution is 0.0741. The molecule has 1 heterocycles. The molecule has 1 aromatic heterocycles. The third-order valence-electron chi connectivity index (χ3n) is 1.21. The highest BCUT2D eigenvalue weighted by molar-refractivity contribution is 7.98. The molecule has 0 unspecified atom stereocenters. The van der Waals surface area contributed by atoms with Crippen LogP contribution in [0.1, 0.15) is 19.5 Å². The maximum absolute atomic E-state index is 9.49. The fraction of sp³-hybridized carbons (Fsp3) is 0.500. The van der Waals surface area contributed by atoms with Crippen molar-refractivity contribution in [2.75, 3.05) is 0 Å². The molecular weight excluding hydrogens is 180 g/mol. The van der Waals surface area contributed by atoms with Crippen molar-refractivity contribution < 1.29 is 5.11 Å². The molecule has 0 amide bonds. The van der Waals surface area contributed by atoms with Crippen LogP contribution < -0.4 is 5.14 Å². The van der Waals surface area contributed by atoms with Crippen LogP contribution in [0.3, 0.4) is 0 Å². The fourth-order valence-corrected chi connectivity index (χ4v) is 1.81. The van der Waals surface area contributed by atoms with Gasteiger partial charge in [-0.25, -0.2) is 4.98 Å². The van der Waals surface area contributed by atoms with Gasteiger partial charge in [-0.05, 0) is 25.8 Å². The molecule has 0 aliphatic carbocycles. The summed E-state index contributed by atoms with van der Waals surface area (Å²) in [5.74, 6) is 0. The van der Waals surface area contributed by atoms with Crippen LogP contribution in [-0.4, -0.2) is 10.1 Å². The summed E-state index contributed by atoms with van der Waals surface area (Å²) in [6.07, 6.45) is 0. The standard InChI is InChI=1S/C6H10N2OS2/c1-6(2,9)4-3-10-5(8-4)11-7/h3,9H,7H2,1-2H3. The Kier molecular flexibility index (Phi) is 2.54. The molecule has 1 rings (SSSR count). The number of aliphatic hydroxyl groups is 1. The summed E-state index contributed by atoms with van der Waals surface area (Å²) >= 11 is 2.55. The van der Waals surface area contributed by atoms with Gasteiger partial charge >= 0.3 is 0 Å². The predicted octanol–water partition coefficient (Wildman–Crippen LogP) is 1.34. The maximum Gasteiger partial charge on any atom is 0.165 e. The summed E-state index contributed by atoms with van der Waals surface area (Å²) in [7, 11) is 0. The average Bonchev–Trinajstić information content (AvgIpc) is 2.32. The summed E-state index contributed by atoms with van der Waals surface area (Å²) in [6, 6.07) is 0. The van der Waals surface area contributed by atoms with E-state index in [2.05, 4.69) is 4.98 Å². The van der Waals surface area contributed by atoms with Gasteiger partial charge in [0, 0.05) is 5.38 Å². The first-order valence-electron chi connectivity index (χ1n) is 3.09. The van der Waals surface area contributed by atoms with Gasteiger partial charge in [0.2, 0.25) is 0 Å². The molecule has 1 aromatic rings. The smallest absolute Gasteiger partial charge is 0.165 e. The van der Waals surface area contributed by atoms with Crippen LogP contribution in [0.2, 0.25) is 0 Å². The molecule has 0 aromatic carbocycles. The topological polar surface area (TPSA) is 59.1 Å². The normalized spacial score (nSPS) is 12.0. The number of rotatable bonds is 2. The lowest BCUT2D eigenvalue weighted by Crippen LogP contribution is -2.15. The van der Waals surface area contributed by atoms with Gasteiger partial charge in [-0.1, -0.05) is 0 Å². The van der Waals surface area contributed by atoms with E-state index in [1.165, 1.54) is 11.3 Å². The molecule has 0 aliphatic heterocycles. The molecule has 0 radical (unpaired) electrons. The number of nitrogens with zero attached hydrogens (tertiary/aromatic N) is 1. The van der Waals surface area contributed by atoms with Crippen LogP contribution in [0.5, 0.6) is 0 Å². The number of nitrogens with two attached hydrogens (primary N) is 1. The van der Waals surface area contributed by atoms with Gasteiger partial charge in [0.1, 0.15) is 5.60 Å². The van der Waals surface area contributed by atoms with E-state index in [0.29, 0.717) is 5.69 Å². The van der Waals surface area contributed by atoms with E-state index < -0.39 is 5.60 Å². The van der Waals surface area contributed by atoms with Crippen molar-refractivity contribution >= 4 is 23.3 Å². The Balaban J connectivity index is 2.89. The zero-order valence-electron chi connectivity index (χ0n) is 6.37. The molecule has 0 bridgehead atoms. The van der Waals surface area contributed by atoms with Gasteiger partial charge in [0.25, 0.3) is 0 Å². The molecule has 0 saturated carbocycles. The highest BCUT2D eigenvalue weighted by atomic mass is 32.2. The number of hydrogen-bond donors (Lipinski definition) is 2. The lowest BCUT2D eigenvalue weighted by Gasteiger charge is -2.12. The van der Waals surface area contributed by atoms with E-state index in [1.54, 1.807) is 13.8 Å².